The molecule has 1 saturated carbocycles. The van der Waals surface area contributed by atoms with E-state index in [1.165, 1.54) is 29.9 Å². The average molecular weight is 415 g/mol. The van der Waals surface area contributed by atoms with Crippen molar-refractivity contribution >= 4 is 27.7 Å². The van der Waals surface area contributed by atoms with Gasteiger partial charge >= 0.3 is 11.9 Å². The molecule has 1 atom stereocenters. The first-order chi connectivity index (χ1) is 13.7. The topological polar surface area (TPSA) is 128 Å². The minimum atomic E-state index is -3.97. The lowest BCUT2D eigenvalue weighted by Gasteiger charge is -2.26. The maximum atomic E-state index is 13.0. The summed E-state index contributed by atoms with van der Waals surface area (Å²) in [6, 6.07) is 1.49. The molecule has 0 saturated heterocycles. The van der Waals surface area contributed by atoms with E-state index in [1.54, 1.807) is 24.1 Å². The van der Waals surface area contributed by atoms with Gasteiger partial charge in [-0.05, 0) is 31.1 Å². The predicted octanol–water partition coefficient (Wildman–Crippen LogP) is 0.0111. The number of nitrogens with zero attached hydrogens (tertiary/aromatic N) is 5. The molecular formula is C18H19N6O4S+. The highest BCUT2D eigenvalue weighted by atomic mass is 32.2. The second kappa shape index (κ2) is 6.47. The Bertz CT molecular complexity index is 1160. The van der Waals surface area contributed by atoms with E-state index in [1.807, 2.05) is 6.07 Å². The molecule has 1 unspecified atom stereocenters. The largest absolute Gasteiger partial charge is 0.500 e. The highest BCUT2D eigenvalue weighted by Crippen LogP contribution is 2.36. The lowest BCUT2D eigenvalue weighted by atomic mass is 9.94. The van der Waals surface area contributed by atoms with Gasteiger partial charge in [-0.1, -0.05) is 0 Å². The minimum absolute atomic E-state index is 0.0368. The Morgan fingerprint density at radius 1 is 1.38 bits per heavy atom. The van der Waals surface area contributed by atoms with Gasteiger partial charge in [0.1, 0.15) is 23.7 Å². The first-order valence-corrected chi connectivity index (χ1v) is 10.4. The molecule has 150 valence electrons. The molecule has 1 fully saturated rings. The summed E-state index contributed by atoms with van der Waals surface area (Å²) in [4.78, 5) is 26.7. The second-order valence-electron chi connectivity index (χ2n) is 7.39. The van der Waals surface area contributed by atoms with Gasteiger partial charge < -0.3 is 0 Å². The summed E-state index contributed by atoms with van der Waals surface area (Å²) in [5.74, 6) is -1.42. The fourth-order valence-corrected chi connectivity index (χ4v) is 4.83. The number of aromatic nitrogens is 2. The van der Waals surface area contributed by atoms with Crippen LogP contribution in [-0.2, 0) is 28.4 Å². The van der Waals surface area contributed by atoms with Gasteiger partial charge in [0, 0.05) is 18.8 Å². The molecule has 2 aliphatic carbocycles. The number of sulfonamides is 1. The predicted molar refractivity (Wildman–Crippen MR) is 101 cm³/mol. The number of nitriles is 1. The number of hydrogen-bond acceptors (Lipinski definition) is 6. The number of fused-ring (bicyclic) bond motifs is 1. The zero-order valence-electron chi connectivity index (χ0n) is 15.9. The van der Waals surface area contributed by atoms with E-state index in [2.05, 4.69) is 9.82 Å². The number of allylic oxidation sites excluding steroid dienone is 2. The summed E-state index contributed by atoms with van der Waals surface area (Å²) in [7, 11) is -0.698. The molecule has 2 heterocycles. The molecule has 3 amide bonds. The molecule has 1 aromatic heterocycles. The third-order valence-corrected chi connectivity index (χ3v) is 6.76. The quantitative estimate of drug-likeness (QED) is 0.675. The van der Waals surface area contributed by atoms with Gasteiger partial charge in [0.25, 0.3) is 0 Å². The zero-order valence-corrected chi connectivity index (χ0v) is 16.7. The molecule has 0 bridgehead atoms. The van der Waals surface area contributed by atoms with Crippen molar-refractivity contribution < 1.29 is 22.6 Å². The van der Waals surface area contributed by atoms with Crippen molar-refractivity contribution in [2.45, 2.75) is 24.9 Å². The van der Waals surface area contributed by atoms with Crippen molar-refractivity contribution in [2.75, 3.05) is 7.05 Å². The lowest BCUT2D eigenvalue weighted by Crippen LogP contribution is -2.53. The molecule has 0 radical (unpaired) electrons. The van der Waals surface area contributed by atoms with E-state index in [0.717, 1.165) is 4.90 Å². The number of hydrogen-bond donors (Lipinski definition) is 1. The van der Waals surface area contributed by atoms with Crippen LogP contribution in [0.5, 0.6) is 0 Å². The van der Waals surface area contributed by atoms with Gasteiger partial charge in [0.2, 0.25) is 10.0 Å². The van der Waals surface area contributed by atoms with Crippen molar-refractivity contribution in [3.8, 4) is 6.07 Å². The summed E-state index contributed by atoms with van der Waals surface area (Å²) in [5.41, 5.74) is 0.0242. The molecule has 10 nitrogen and oxygen atoms in total. The van der Waals surface area contributed by atoms with Crippen molar-refractivity contribution in [3.63, 3.8) is 0 Å². The van der Waals surface area contributed by atoms with E-state index in [0.29, 0.717) is 24.1 Å². The maximum Gasteiger partial charge on any atom is 0.500 e. The van der Waals surface area contributed by atoms with E-state index < -0.39 is 33.4 Å². The summed E-state index contributed by atoms with van der Waals surface area (Å²) in [6.07, 6.45) is 8.30. The Hall–Kier alpha value is -3.10. The number of urea groups is 1. The fraction of sp³-hybridized carbons (Fsp3) is 0.389. The molecule has 0 aromatic carbocycles. The third kappa shape index (κ3) is 3.30. The number of amides is 3. The van der Waals surface area contributed by atoms with Crippen LogP contribution in [0, 0.1) is 17.2 Å². The monoisotopic (exact) mass is 415 g/mol. The van der Waals surface area contributed by atoms with Crippen LogP contribution in [0.1, 0.15) is 18.4 Å². The molecule has 4 rings (SSSR count). The van der Waals surface area contributed by atoms with Crippen molar-refractivity contribution in [1.29, 1.82) is 5.26 Å². The Balaban J connectivity index is 1.66. The Kier molecular flexibility index (Phi) is 4.29. The smallest absolute Gasteiger partial charge is 0.275 e. The van der Waals surface area contributed by atoms with E-state index >= 15 is 0 Å². The van der Waals surface area contributed by atoms with E-state index in [9.17, 15) is 18.0 Å². The average Bonchev–Trinajstić information content (AvgIpc) is 3.33. The second-order valence-corrected chi connectivity index (χ2v) is 9.07. The van der Waals surface area contributed by atoms with Crippen LogP contribution in [0.2, 0.25) is 0 Å². The SMILES string of the molecule is Cn1cc(CN2C(=O)C3C=C(S(=O)(=O)NC4(C#N)CC4)C=CC3=[N+](C)C2=O)cn1. The summed E-state index contributed by atoms with van der Waals surface area (Å²) >= 11 is 0. The number of carbonyl (C=O) groups excluding carboxylic acids is 2. The van der Waals surface area contributed by atoms with Crippen molar-refractivity contribution in [3.05, 3.63) is 41.1 Å². The molecule has 1 aliphatic heterocycles. The third-order valence-electron chi connectivity index (χ3n) is 5.21. The standard InChI is InChI=1S/C18H19N6O4S/c1-22-9-12(8-20-22)10-24-16(25)14-7-13(3-4-15(14)23(2)17(24)26)29(27,28)21-18(11-19)5-6-18/h3-4,7-9,14,21H,5-6,10H2,1-2H3/q+1. The summed E-state index contributed by atoms with van der Waals surface area (Å²) < 4.78 is 30.7. The number of imide groups is 1. The first kappa shape index (κ1) is 19.2. The molecule has 1 aromatic rings. The van der Waals surface area contributed by atoms with Crippen molar-refractivity contribution in [2.24, 2.45) is 13.0 Å². The first-order valence-electron chi connectivity index (χ1n) is 8.94. The van der Waals surface area contributed by atoms with E-state index in [-0.39, 0.29) is 11.4 Å². The van der Waals surface area contributed by atoms with Gasteiger partial charge in [-0.15, -0.1) is 0 Å². The van der Waals surface area contributed by atoms with Crippen LogP contribution >= 0.6 is 0 Å². The highest BCUT2D eigenvalue weighted by Gasteiger charge is 2.49. The molecule has 11 heteroatoms. The Morgan fingerprint density at radius 2 is 2.10 bits per heavy atom. The summed E-state index contributed by atoms with van der Waals surface area (Å²) in [5, 5.41) is 13.2. The fourth-order valence-electron chi connectivity index (χ4n) is 3.39. The number of nitrogens with one attached hydrogen (secondary N) is 1. The molecule has 3 aliphatic rings. The number of aryl methyl sites for hydroxylation is 1. The highest BCUT2D eigenvalue weighted by molar-refractivity contribution is 7.93. The Morgan fingerprint density at radius 3 is 2.69 bits per heavy atom. The van der Waals surface area contributed by atoms with Gasteiger partial charge in [-0.2, -0.15) is 29.4 Å². The van der Waals surface area contributed by atoms with Gasteiger partial charge in [0.05, 0.1) is 24.2 Å². The molecule has 1 N–H and O–H groups in total. The van der Waals surface area contributed by atoms with Crippen LogP contribution in [0.3, 0.4) is 0 Å². The van der Waals surface area contributed by atoms with E-state index in [4.69, 9.17) is 5.26 Å². The zero-order chi connectivity index (χ0) is 21.0. The minimum Gasteiger partial charge on any atom is -0.275 e. The van der Waals surface area contributed by atoms with Crippen LogP contribution < -0.4 is 4.72 Å². The van der Waals surface area contributed by atoms with Crippen molar-refractivity contribution in [1.82, 2.24) is 19.4 Å². The van der Waals surface area contributed by atoms with Crippen LogP contribution in [0.25, 0.3) is 0 Å². The molecule has 0 spiro atoms. The number of rotatable bonds is 5. The van der Waals surface area contributed by atoms with Gasteiger partial charge in [-0.25, -0.2) is 13.2 Å². The molecule has 29 heavy (non-hydrogen) atoms. The summed E-state index contributed by atoms with van der Waals surface area (Å²) in [6.45, 7) is 0.0368. The Labute approximate surface area is 167 Å². The lowest BCUT2D eigenvalue weighted by molar-refractivity contribution is -0.406. The van der Waals surface area contributed by atoms with Crippen LogP contribution in [-0.4, -0.2) is 57.9 Å². The van der Waals surface area contributed by atoms with Crippen LogP contribution in [0.4, 0.5) is 4.79 Å². The van der Waals surface area contributed by atoms with Crippen LogP contribution in [0.15, 0.2) is 35.5 Å². The normalized spacial score (nSPS) is 23.0. The number of carbonyl (C=O) groups is 2. The van der Waals surface area contributed by atoms with Gasteiger partial charge in [-0.3, -0.25) is 4.68 Å². The van der Waals surface area contributed by atoms with Gasteiger partial charge in [0.15, 0.2) is 0 Å². The maximum absolute atomic E-state index is 13.0. The molecular weight excluding hydrogens is 396 g/mol.